The van der Waals surface area contributed by atoms with Crippen molar-refractivity contribution in [3.63, 3.8) is 0 Å². The van der Waals surface area contributed by atoms with Crippen LogP contribution in [0.25, 0.3) is 0 Å². The summed E-state index contributed by atoms with van der Waals surface area (Å²) in [6.45, 7) is 2.19. The van der Waals surface area contributed by atoms with Crippen LogP contribution >= 0.6 is 0 Å². The highest BCUT2D eigenvalue weighted by Gasteiger charge is 2.39. The second-order valence-corrected chi connectivity index (χ2v) is 8.26. The van der Waals surface area contributed by atoms with Gasteiger partial charge >= 0.3 is 6.18 Å². The van der Waals surface area contributed by atoms with Gasteiger partial charge in [-0.1, -0.05) is 30.4 Å². The van der Waals surface area contributed by atoms with Gasteiger partial charge < -0.3 is 20.3 Å². The van der Waals surface area contributed by atoms with E-state index < -0.39 is 35.8 Å². The van der Waals surface area contributed by atoms with Gasteiger partial charge in [0.05, 0.1) is 11.7 Å². The first-order valence-corrected chi connectivity index (χ1v) is 11.4. The molecule has 6 nitrogen and oxygen atoms in total. The number of allylic oxidation sites excluding steroid dienone is 2. The maximum atomic E-state index is 12.8. The number of ketones is 1. The van der Waals surface area contributed by atoms with E-state index in [-0.39, 0.29) is 30.5 Å². The lowest BCUT2D eigenvalue weighted by Crippen LogP contribution is -2.21. The van der Waals surface area contributed by atoms with Crippen LogP contribution < -0.4 is 10.1 Å². The third-order valence-corrected chi connectivity index (χ3v) is 5.58. The van der Waals surface area contributed by atoms with Gasteiger partial charge in [-0.3, -0.25) is 9.59 Å². The Morgan fingerprint density at radius 1 is 1.32 bits per heavy atom. The predicted molar refractivity (Wildman–Crippen MR) is 121 cm³/mol. The van der Waals surface area contributed by atoms with Crippen LogP contribution in [0.3, 0.4) is 0 Å². The Morgan fingerprint density at radius 3 is 2.79 bits per heavy atom. The van der Waals surface area contributed by atoms with Crippen molar-refractivity contribution in [1.82, 2.24) is 5.32 Å². The number of hydrogen-bond donors (Lipinski definition) is 3. The van der Waals surface area contributed by atoms with Gasteiger partial charge in [-0.2, -0.15) is 13.2 Å². The summed E-state index contributed by atoms with van der Waals surface area (Å²) in [5.41, 5.74) is -0.845. The summed E-state index contributed by atoms with van der Waals surface area (Å²) < 4.78 is 43.6. The van der Waals surface area contributed by atoms with Crippen molar-refractivity contribution in [2.24, 2.45) is 11.8 Å². The minimum Gasteiger partial charge on any atom is -0.491 e. The molecule has 2 rings (SSSR count). The molecule has 1 unspecified atom stereocenters. The molecule has 34 heavy (non-hydrogen) atoms. The molecule has 4 atom stereocenters. The van der Waals surface area contributed by atoms with Crippen molar-refractivity contribution in [3.8, 4) is 5.75 Å². The van der Waals surface area contributed by atoms with E-state index in [0.29, 0.717) is 32.2 Å². The molecule has 188 valence electrons. The summed E-state index contributed by atoms with van der Waals surface area (Å²) in [4.78, 5) is 23.7. The smallest absolute Gasteiger partial charge is 0.416 e. The summed E-state index contributed by atoms with van der Waals surface area (Å²) in [6, 6.07) is 4.37. The van der Waals surface area contributed by atoms with E-state index in [2.05, 4.69) is 5.32 Å². The molecule has 0 aromatic heterocycles. The quantitative estimate of drug-likeness (QED) is 0.310. The van der Waals surface area contributed by atoms with Crippen LogP contribution in [0.1, 0.15) is 44.6 Å². The average molecular weight is 484 g/mol. The van der Waals surface area contributed by atoms with Crippen LogP contribution in [-0.2, 0) is 15.8 Å². The van der Waals surface area contributed by atoms with Gasteiger partial charge in [-0.25, -0.2) is 0 Å². The molecule has 1 fully saturated rings. The Bertz CT molecular complexity index is 868. The third-order valence-electron chi connectivity index (χ3n) is 5.58. The minimum atomic E-state index is -4.49. The fraction of sp³-hybridized carbons (Fsp3) is 0.520. The normalized spacial score (nSPS) is 21.9. The molecule has 1 aromatic carbocycles. The molecule has 0 bridgehead atoms. The highest BCUT2D eigenvalue weighted by atomic mass is 19.4. The Balaban J connectivity index is 1.84. The molecule has 1 aliphatic carbocycles. The topological polar surface area (TPSA) is 95.9 Å². The van der Waals surface area contributed by atoms with Gasteiger partial charge in [-0.15, -0.1) is 0 Å². The molecule has 0 heterocycles. The van der Waals surface area contributed by atoms with Crippen molar-refractivity contribution < 1.29 is 37.7 Å². The van der Waals surface area contributed by atoms with Gasteiger partial charge in [0.25, 0.3) is 0 Å². The number of alkyl halides is 3. The molecule has 1 aliphatic rings. The second kappa shape index (κ2) is 13.3. The molecule has 1 aromatic rings. The number of carbonyl (C=O) groups excluding carboxylic acids is 2. The molecule has 0 spiro atoms. The first kappa shape index (κ1) is 27.6. The monoisotopic (exact) mass is 483 g/mol. The Kier molecular flexibility index (Phi) is 10.8. The number of aliphatic hydroxyl groups is 2. The zero-order valence-electron chi connectivity index (χ0n) is 19.1. The first-order chi connectivity index (χ1) is 16.1. The molecule has 3 N–H and O–H groups in total. The lowest BCUT2D eigenvalue weighted by molar-refractivity contribution is -0.137. The number of ether oxygens (including phenoxy) is 1. The molecule has 0 radical (unpaired) electrons. The molecular formula is C25H32F3NO5. The van der Waals surface area contributed by atoms with E-state index in [1.807, 2.05) is 19.1 Å². The molecular weight excluding hydrogens is 451 g/mol. The number of halogens is 3. The SMILES string of the molecule is CCNC(=O)CCCC=CC[C@H]1C(=O)C[C@@H](O)[C@@H]1C=CC(O)COc1cccc(C(F)(F)F)c1. The van der Waals surface area contributed by atoms with E-state index in [4.69, 9.17) is 4.74 Å². The number of aliphatic hydroxyl groups excluding tert-OH is 2. The molecule has 9 heteroatoms. The van der Waals surface area contributed by atoms with Crippen molar-refractivity contribution in [1.29, 1.82) is 0 Å². The fourth-order valence-corrected chi connectivity index (χ4v) is 3.81. The second-order valence-electron chi connectivity index (χ2n) is 8.26. The minimum absolute atomic E-state index is 0.00536. The summed E-state index contributed by atoms with van der Waals surface area (Å²) in [7, 11) is 0. The van der Waals surface area contributed by atoms with E-state index in [0.717, 1.165) is 12.1 Å². The van der Waals surface area contributed by atoms with Gasteiger partial charge in [0.1, 0.15) is 24.2 Å². The van der Waals surface area contributed by atoms with E-state index in [9.17, 15) is 33.0 Å². The van der Waals surface area contributed by atoms with Crippen LogP contribution in [0.15, 0.2) is 48.6 Å². The van der Waals surface area contributed by atoms with Crippen molar-refractivity contribution >= 4 is 11.7 Å². The highest BCUT2D eigenvalue weighted by molar-refractivity contribution is 5.84. The average Bonchev–Trinajstić information content (AvgIpc) is 3.05. The number of Topliss-reactive ketones (excluding diaryl/α,β-unsaturated/α-hetero) is 1. The zero-order valence-corrected chi connectivity index (χ0v) is 19.1. The Morgan fingerprint density at radius 2 is 2.09 bits per heavy atom. The first-order valence-electron chi connectivity index (χ1n) is 11.4. The number of carbonyl (C=O) groups is 2. The van der Waals surface area contributed by atoms with E-state index in [1.165, 1.54) is 18.2 Å². The number of benzene rings is 1. The maximum Gasteiger partial charge on any atom is 0.416 e. The van der Waals surface area contributed by atoms with Crippen molar-refractivity contribution in [3.05, 3.63) is 54.1 Å². The molecule has 1 amide bonds. The van der Waals surface area contributed by atoms with Crippen LogP contribution in [0, 0.1) is 11.8 Å². The lowest BCUT2D eigenvalue weighted by Gasteiger charge is -2.17. The van der Waals surface area contributed by atoms with Crippen molar-refractivity contribution in [2.45, 2.75) is 57.4 Å². The van der Waals surface area contributed by atoms with Gasteiger partial charge in [-0.05, 0) is 44.4 Å². The van der Waals surface area contributed by atoms with E-state index in [1.54, 1.807) is 6.08 Å². The summed E-state index contributed by atoms with van der Waals surface area (Å²) in [6.07, 6.45) is 2.57. The highest BCUT2D eigenvalue weighted by Crippen LogP contribution is 2.34. The number of rotatable bonds is 12. The van der Waals surface area contributed by atoms with Crippen LogP contribution in [-0.4, -0.2) is 47.3 Å². The number of amides is 1. The van der Waals surface area contributed by atoms with Crippen LogP contribution in [0.5, 0.6) is 5.75 Å². The number of hydrogen-bond acceptors (Lipinski definition) is 5. The van der Waals surface area contributed by atoms with Gasteiger partial charge in [0.2, 0.25) is 5.91 Å². The van der Waals surface area contributed by atoms with Crippen LogP contribution in [0.4, 0.5) is 13.2 Å². The Labute approximate surface area is 197 Å². The number of nitrogens with one attached hydrogen (secondary N) is 1. The summed E-state index contributed by atoms with van der Waals surface area (Å²) in [5, 5.41) is 23.1. The maximum absolute atomic E-state index is 12.8. The largest absolute Gasteiger partial charge is 0.491 e. The van der Waals surface area contributed by atoms with Crippen LogP contribution in [0.2, 0.25) is 0 Å². The van der Waals surface area contributed by atoms with Gasteiger partial charge in [0.15, 0.2) is 0 Å². The molecule has 0 saturated heterocycles. The van der Waals surface area contributed by atoms with Gasteiger partial charge in [0, 0.05) is 31.2 Å². The number of unbranched alkanes of at least 4 members (excludes halogenated alkanes) is 1. The zero-order chi connectivity index (χ0) is 25.1. The van der Waals surface area contributed by atoms with E-state index >= 15 is 0 Å². The fourth-order valence-electron chi connectivity index (χ4n) is 3.81. The van der Waals surface area contributed by atoms with Crippen molar-refractivity contribution in [2.75, 3.05) is 13.2 Å². The molecule has 1 saturated carbocycles. The lowest BCUT2D eigenvalue weighted by atomic mass is 9.90. The summed E-state index contributed by atoms with van der Waals surface area (Å²) >= 11 is 0. The predicted octanol–water partition coefficient (Wildman–Crippen LogP) is 3.82. The summed E-state index contributed by atoms with van der Waals surface area (Å²) in [5.74, 6) is -0.985. The standard InChI is InChI=1S/C25H32F3NO5/c1-2-29-24(33)11-6-4-3-5-10-20-21(23(32)15-22(20)31)13-12-18(30)16-34-19-9-7-8-17(14-19)25(26,27)28/h3,5,7-9,12-14,18,20-21,23,30,32H,2,4,6,10-11,15-16H2,1H3,(H,29,33)/t18?,20-,21-,23-/m1/s1. The molecule has 0 aliphatic heterocycles. The Hall–Kier alpha value is -2.65. The third kappa shape index (κ3) is 8.95.